The lowest BCUT2D eigenvalue weighted by Gasteiger charge is -2.23. The zero-order valence-corrected chi connectivity index (χ0v) is 14.4. The van der Waals surface area contributed by atoms with E-state index in [2.05, 4.69) is 40.9 Å². The van der Waals surface area contributed by atoms with Gasteiger partial charge in [0.1, 0.15) is 0 Å². The minimum Gasteiger partial charge on any atom is -0.356 e. The average Bonchev–Trinajstić information content (AvgIpc) is 3.08. The molecule has 2 aliphatic heterocycles. The van der Waals surface area contributed by atoms with Gasteiger partial charge in [-0.25, -0.2) is 0 Å². The summed E-state index contributed by atoms with van der Waals surface area (Å²) >= 11 is 0. The fourth-order valence-corrected chi connectivity index (χ4v) is 3.82. The van der Waals surface area contributed by atoms with Crippen LogP contribution in [-0.4, -0.2) is 62.1 Å². The highest BCUT2D eigenvalue weighted by atomic mass is 15.3. The first-order valence-corrected chi connectivity index (χ1v) is 8.80. The van der Waals surface area contributed by atoms with Crippen LogP contribution < -0.4 is 5.32 Å². The molecule has 2 atom stereocenters. The second-order valence-corrected chi connectivity index (χ2v) is 7.21. The SMILES string of the molecule is CCN1CCC(CNC(=NC)N2CCC(CC(C)C)C2)C1. The van der Waals surface area contributed by atoms with Crippen LogP contribution in [0, 0.1) is 17.8 Å². The molecule has 2 unspecified atom stereocenters. The Kier molecular flexibility index (Phi) is 6.34. The Morgan fingerprint density at radius 1 is 1.19 bits per heavy atom. The predicted molar refractivity (Wildman–Crippen MR) is 90.7 cm³/mol. The van der Waals surface area contributed by atoms with Gasteiger partial charge >= 0.3 is 0 Å². The summed E-state index contributed by atoms with van der Waals surface area (Å²) in [6.07, 6.45) is 4.00. The summed E-state index contributed by atoms with van der Waals surface area (Å²) in [7, 11) is 1.92. The molecular formula is C17H34N4. The second-order valence-electron chi connectivity index (χ2n) is 7.21. The van der Waals surface area contributed by atoms with Crippen molar-refractivity contribution in [3.05, 3.63) is 0 Å². The maximum Gasteiger partial charge on any atom is 0.193 e. The van der Waals surface area contributed by atoms with Crippen LogP contribution >= 0.6 is 0 Å². The van der Waals surface area contributed by atoms with Crippen LogP contribution in [0.5, 0.6) is 0 Å². The molecule has 2 saturated heterocycles. The molecule has 0 radical (unpaired) electrons. The number of likely N-dealkylation sites (tertiary alicyclic amines) is 2. The number of nitrogens with one attached hydrogen (secondary N) is 1. The van der Waals surface area contributed by atoms with Crippen LogP contribution in [0.1, 0.15) is 40.0 Å². The van der Waals surface area contributed by atoms with E-state index in [0.717, 1.165) is 30.3 Å². The highest BCUT2D eigenvalue weighted by molar-refractivity contribution is 5.80. The van der Waals surface area contributed by atoms with E-state index in [1.165, 1.54) is 52.0 Å². The van der Waals surface area contributed by atoms with E-state index >= 15 is 0 Å². The lowest BCUT2D eigenvalue weighted by Crippen LogP contribution is -2.42. The van der Waals surface area contributed by atoms with Gasteiger partial charge in [-0.3, -0.25) is 4.99 Å². The van der Waals surface area contributed by atoms with Gasteiger partial charge in [-0.1, -0.05) is 20.8 Å². The number of guanidine groups is 1. The monoisotopic (exact) mass is 294 g/mol. The number of nitrogens with zero attached hydrogens (tertiary/aromatic N) is 3. The Balaban J connectivity index is 1.74. The van der Waals surface area contributed by atoms with Crippen molar-refractivity contribution < 1.29 is 0 Å². The topological polar surface area (TPSA) is 30.9 Å². The fourth-order valence-electron chi connectivity index (χ4n) is 3.82. The Morgan fingerprint density at radius 3 is 2.57 bits per heavy atom. The largest absolute Gasteiger partial charge is 0.356 e. The van der Waals surface area contributed by atoms with Gasteiger partial charge in [-0.05, 0) is 50.1 Å². The fraction of sp³-hybridized carbons (Fsp3) is 0.941. The minimum absolute atomic E-state index is 0.788. The van der Waals surface area contributed by atoms with Crippen molar-refractivity contribution in [2.45, 2.75) is 40.0 Å². The highest BCUT2D eigenvalue weighted by Crippen LogP contribution is 2.23. The first kappa shape index (κ1) is 16.6. The van der Waals surface area contributed by atoms with Gasteiger partial charge in [0, 0.05) is 33.2 Å². The van der Waals surface area contributed by atoms with Gasteiger partial charge in [-0.2, -0.15) is 0 Å². The highest BCUT2D eigenvalue weighted by Gasteiger charge is 2.26. The molecule has 4 nitrogen and oxygen atoms in total. The molecule has 0 aromatic rings. The zero-order chi connectivity index (χ0) is 15.2. The summed E-state index contributed by atoms with van der Waals surface area (Å²) in [4.78, 5) is 9.50. The Hall–Kier alpha value is -0.770. The van der Waals surface area contributed by atoms with Gasteiger partial charge in [0.05, 0.1) is 0 Å². The number of rotatable bonds is 5. The molecule has 0 bridgehead atoms. The standard InChI is InChI=1S/C17H34N4/c1-5-20-8-6-16(12-20)11-19-17(18-4)21-9-7-15(13-21)10-14(2)3/h14-16H,5-13H2,1-4H3,(H,18,19). The van der Waals surface area contributed by atoms with E-state index in [9.17, 15) is 0 Å². The van der Waals surface area contributed by atoms with Crippen LogP contribution in [0.25, 0.3) is 0 Å². The lowest BCUT2D eigenvalue weighted by molar-refractivity contribution is 0.340. The normalized spacial score (nSPS) is 27.9. The number of aliphatic imine (C=N–C) groups is 1. The van der Waals surface area contributed by atoms with E-state index in [0.29, 0.717) is 0 Å². The van der Waals surface area contributed by atoms with Crippen LogP contribution in [0.15, 0.2) is 4.99 Å². The molecule has 2 aliphatic rings. The summed E-state index contributed by atoms with van der Waals surface area (Å²) in [5.41, 5.74) is 0. The third-order valence-electron chi connectivity index (χ3n) is 4.97. The van der Waals surface area contributed by atoms with E-state index < -0.39 is 0 Å². The molecule has 0 saturated carbocycles. The lowest BCUT2D eigenvalue weighted by atomic mass is 9.97. The van der Waals surface area contributed by atoms with E-state index in [1.54, 1.807) is 0 Å². The van der Waals surface area contributed by atoms with E-state index in [1.807, 2.05) is 7.05 Å². The van der Waals surface area contributed by atoms with Crippen molar-refractivity contribution in [1.29, 1.82) is 0 Å². The molecule has 1 N–H and O–H groups in total. The van der Waals surface area contributed by atoms with Crippen molar-refractivity contribution in [2.24, 2.45) is 22.7 Å². The first-order chi connectivity index (χ1) is 10.1. The molecule has 21 heavy (non-hydrogen) atoms. The molecule has 4 heteroatoms. The van der Waals surface area contributed by atoms with Gasteiger partial charge in [-0.15, -0.1) is 0 Å². The number of hydrogen-bond acceptors (Lipinski definition) is 2. The van der Waals surface area contributed by atoms with Crippen LogP contribution in [0.3, 0.4) is 0 Å². The van der Waals surface area contributed by atoms with Crippen molar-refractivity contribution in [3.8, 4) is 0 Å². The third kappa shape index (κ3) is 4.87. The van der Waals surface area contributed by atoms with Gasteiger partial charge in [0.2, 0.25) is 0 Å². The van der Waals surface area contributed by atoms with Crippen molar-refractivity contribution in [2.75, 3.05) is 46.3 Å². The van der Waals surface area contributed by atoms with Crippen molar-refractivity contribution in [1.82, 2.24) is 15.1 Å². The molecule has 2 rings (SSSR count). The summed E-state index contributed by atoms with van der Waals surface area (Å²) in [6, 6.07) is 0. The van der Waals surface area contributed by atoms with Crippen molar-refractivity contribution >= 4 is 5.96 Å². The van der Waals surface area contributed by atoms with Gasteiger partial charge in [0.15, 0.2) is 5.96 Å². The predicted octanol–water partition coefficient (Wildman–Crippen LogP) is 2.27. The molecular weight excluding hydrogens is 260 g/mol. The van der Waals surface area contributed by atoms with Crippen LogP contribution in [0.4, 0.5) is 0 Å². The van der Waals surface area contributed by atoms with Crippen LogP contribution in [-0.2, 0) is 0 Å². The summed E-state index contributed by atoms with van der Waals surface area (Å²) < 4.78 is 0. The molecule has 0 aliphatic carbocycles. The molecule has 0 aromatic carbocycles. The average molecular weight is 294 g/mol. The Labute approximate surface area is 131 Å². The molecule has 0 amide bonds. The van der Waals surface area contributed by atoms with Gasteiger partial charge < -0.3 is 15.1 Å². The third-order valence-corrected chi connectivity index (χ3v) is 4.97. The quantitative estimate of drug-likeness (QED) is 0.623. The summed E-state index contributed by atoms with van der Waals surface area (Å²) in [5, 5.41) is 3.62. The molecule has 0 aromatic heterocycles. The Bertz CT molecular complexity index is 340. The summed E-state index contributed by atoms with van der Waals surface area (Å²) in [5.74, 6) is 3.57. The second kappa shape index (κ2) is 8.02. The zero-order valence-electron chi connectivity index (χ0n) is 14.4. The molecule has 122 valence electrons. The van der Waals surface area contributed by atoms with Crippen LogP contribution in [0.2, 0.25) is 0 Å². The first-order valence-electron chi connectivity index (χ1n) is 8.80. The molecule has 0 spiro atoms. The van der Waals surface area contributed by atoms with Crippen molar-refractivity contribution in [3.63, 3.8) is 0 Å². The number of hydrogen-bond donors (Lipinski definition) is 1. The Morgan fingerprint density at radius 2 is 1.95 bits per heavy atom. The van der Waals surface area contributed by atoms with E-state index in [-0.39, 0.29) is 0 Å². The summed E-state index contributed by atoms with van der Waals surface area (Å²) in [6.45, 7) is 14.0. The molecule has 2 fully saturated rings. The maximum absolute atomic E-state index is 4.50. The maximum atomic E-state index is 4.50. The van der Waals surface area contributed by atoms with E-state index in [4.69, 9.17) is 0 Å². The minimum atomic E-state index is 0.788. The van der Waals surface area contributed by atoms with Gasteiger partial charge in [0.25, 0.3) is 0 Å². The smallest absolute Gasteiger partial charge is 0.193 e. The molecule has 2 heterocycles.